The van der Waals surface area contributed by atoms with E-state index in [1.165, 1.54) is 25.7 Å². The molecule has 3 N–H and O–H groups in total. The van der Waals surface area contributed by atoms with Crippen LogP contribution in [0.5, 0.6) is 0 Å². The topological polar surface area (TPSA) is 61.4 Å². The highest BCUT2D eigenvalue weighted by Gasteiger charge is 2.22. The third-order valence-corrected chi connectivity index (χ3v) is 4.09. The quantitative estimate of drug-likeness (QED) is 0.789. The van der Waals surface area contributed by atoms with Gasteiger partial charge in [0.05, 0.1) is 6.10 Å². The van der Waals surface area contributed by atoms with Crippen molar-refractivity contribution in [3.05, 3.63) is 29.8 Å². The highest BCUT2D eigenvalue weighted by Crippen LogP contribution is 2.27. The molecule has 0 radical (unpaired) electrons. The molecule has 0 bridgehead atoms. The molecule has 4 nitrogen and oxygen atoms in total. The lowest BCUT2D eigenvalue weighted by Gasteiger charge is -2.20. The van der Waals surface area contributed by atoms with Crippen LogP contribution in [-0.4, -0.2) is 17.2 Å². The van der Waals surface area contributed by atoms with Crippen LogP contribution in [0.4, 0.5) is 10.5 Å². The number of carbonyl (C=O) groups is 1. The van der Waals surface area contributed by atoms with Crippen LogP contribution < -0.4 is 10.6 Å². The van der Waals surface area contributed by atoms with Crippen LogP contribution in [0, 0.1) is 5.92 Å². The van der Waals surface area contributed by atoms with Crippen molar-refractivity contribution in [1.82, 2.24) is 5.32 Å². The first kappa shape index (κ1) is 14.9. The van der Waals surface area contributed by atoms with E-state index >= 15 is 0 Å². The van der Waals surface area contributed by atoms with Crippen LogP contribution in [0.3, 0.4) is 0 Å². The van der Waals surface area contributed by atoms with Gasteiger partial charge < -0.3 is 15.7 Å². The fraction of sp³-hybridized carbons (Fsp3) is 0.562. The molecule has 20 heavy (non-hydrogen) atoms. The number of amides is 2. The van der Waals surface area contributed by atoms with Crippen molar-refractivity contribution in [3.8, 4) is 0 Å². The molecule has 4 heteroatoms. The number of hydrogen-bond donors (Lipinski definition) is 3. The van der Waals surface area contributed by atoms with Crippen molar-refractivity contribution in [2.45, 2.75) is 51.7 Å². The Labute approximate surface area is 120 Å². The molecule has 0 heterocycles. The van der Waals surface area contributed by atoms with Crippen LogP contribution in [0.1, 0.15) is 51.2 Å². The number of urea groups is 1. The summed E-state index contributed by atoms with van der Waals surface area (Å²) in [7, 11) is 0. The van der Waals surface area contributed by atoms with Crippen LogP contribution in [-0.2, 0) is 0 Å². The first-order chi connectivity index (χ1) is 9.56. The van der Waals surface area contributed by atoms with Crippen LogP contribution >= 0.6 is 0 Å². The average Bonchev–Trinajstić information content (AvgIpc) is 2.92. The molecular weight excluding hydrogens is 252 g/mol. The summed E-state index contributed by atoms with van der Waals surface area (Å²) >= 11 is 0. The molecule has 2 amide bonds. The summed E-state index contributed by atoms with van der Waals surface area (Å²) in [6.45, 7) is 3.78. The highest BCUT2D eigenvalue weighted by molar-refractivity contribution is 5.89. The Kier molecular flexibility index (Phi) is 5.01. The molecule has 0 saturated heterocycles. The van der Waals surface area contributed by atoms with E-state index in [0.29, 0.717) is 11.6 Å². The van der Waals surface area contributed by atoms with Crippen molar-refractivity contribution in [2.75, 3.05) is 5.32 Å². The van der Waals surface area contributed by atoms with Gasteiger partial charge in [0.25, 0.3) is 0 Å². The minimum absolute atomic E-state index is 0.174. The van der Waals surface area contributed by atoms with Crippen LogP contribution in [0.15, 0.2) is 24.3 Å². The van der Waals surface area contributed by atoms with Crippen molar-refractivity contribution in [1.29, 1.82) is 0 Å². The van der Waals surface area contributed by atoms with Gasteiger partial charge in [-0.05, 0) is 50.3 Å². The highest BCUT2D eigenvalue weighted by atomic mass is 16.3. The number of aliphatic hydroxyl groups is 1. The summed E-state index contributed by atoms with van der Waals surface area (Å²) in [5.41, 5.74) is 1.51. The maximum atomic E-state index is 12.0. The Hall–Kier alpha value is -1.55. The molecule has 1 fully saturated rings. The SMILES string of the molecule is CC(O)c1cccc(NC(=O)NC(C)C2CCCC2)c1. The Morgan fingerprint density at radius 1 is 1.30 bits per heavy atom. The zero-order valence-corrected chi connectivity index (χ0v) is 12.2. The van der Waals surface area contributed by atoms with E-state index in [1.807, 2.05) is 18.2 Å². The van der Waals surface area contributed by atoms with E-state index in [1.54, 1.807) is 13.0 Å². The number of anilines is 1. The lowest BCUT2D eigenvalue weighted by Crippen LogP contribution is -2.39. The van der Waals surface area contributed by atoms with Gasteiger partial charge in [0, 0.05) is 11.7 Å². The zero-order valence-electron chi connectivity index (χ0n) is 12.2. The summed E-state index contributed by atoms with van der Waals surface area (Å²) in [6.07, 6.45) is 4.43. The molecule has 1 aromatic rings. The summed E-state index contributed by atoms with van der Waals surface area (Å²) in [6, 6.07) is 7.33. The smallest absolute Gasteiger partial charge is 0.319 e. The van der Waals surface area contributed by atoms with Crippen molar-refractivity contribution in [3.63, 3.8) is 0 Å². The van der Waals surface area contributed by atoms with Gasteiger partial charge in [-0.3, -0.25) is 0 Å². The van der Waals surface area contributed by atoms with Crippen LogP contribution in [0.2, 0.25) is 0 Å². The Balaban J connectivity index is 1.89. The van der Waals surface area contributed by atoms with E-state index in [2.05, 4.69) is 17.6 Å². The molecule has 0 spiro atoms. The summed E-state index contributed by atoms with van der Waals surface area (Å²) in [5, 5.41) is 15.4. The molecule has 1 aromatic carbocycles. The second-order valence-electron chi connectivity index (χ2n) is 5.73. The maximum Gasteiger partial charge on any atom is 0.319 e. The Morgan fingerprint density at radius 2 is 2.00 bits per heavy atom. The van der Waals surface area contributed by atoms with Gasteiger partial charge in [-0.15, -0.1) is 0 Å². The molecule has 2 unspecified atom stereocenters. The summed E-state index contributed by atoms with van der Waals surface area (Å²) < 4.78 is 0. The molecule has 1 aliphatic rings. The minimum Gasteiger partial charge on any atom is -0.389 e. The number of nitrogens with one attached hydrogen (secondary N) is 2. The number of aliphatic hydroxyl groups excluding tert-OH is 1. The van der Waals surface area contributed by atoms with Crippen molar-refractivity contribution in [2.24, 2.45) is 5.92 Å². The van der Waals surface area contributed by atoms with Gasteiger partial charge >= 0.3 is 6.03 Å². The summed E-state index contributed by atoms with van der Waals surface area (Å²) in [5.74, 6) is 0.601. The number of carbonyl (C=O) groups excluding carboxylic acids is 1. The van der Waals surface area contributed by atoms with Crippen LogP contribution in [0.25, 0.3) is 0 Å². The second kappa shape index (κ2) is 6.75. The Bertz CT molecular complexity index is 454. The number of benzene rings is 1. The lowest BCUT2D eigenvalue weighted by molar-refractivity contribution is 0.199. The summed E-state index contributed by atoms with van der Waals surface area (Å²) in [4.78, 5) is 12.0. The molecule has 0 aliphatic heterocycles. The largest absolute Gasteiger partial charge is 0.389 e. The fourth-order valence-electron chi connectivity index (χ4n) is 2.83. The van der Waals surface area contributed by atoms with Gasteiger partial charge in [0.2, 0.25) is 0 Å². The molecule has 0 aromatic heterocycles. The van der Waals surface area contributed by atoms with Gasteiger partial charge in [0.1, 0.15) is 0 Å². The average molecular weight is 276 g/mol. The third-order valence-electron chi connectivity index (χ3n) is 4.09. The molecule has 2 rings (SSSR count). The standard InChI is InChI=1S/C16H24N2O2/c1-11(13-6-3-4-7-13)17-16(20)18-15-9-5-8-14(10-15)12(2)19/h5,8-13,19H,3-4,6-7H2,1-2H3,(H2,17,18,20). The maximum absolute atomic E-state index is 12.0. The lowest BCUT2D eigenvalue weighted by atomic mass is 10.0. The molecular formula is C16H24N2O2. The molecule has 1 aliphatic carbocycles. The first-order valence-electron chi connectivity index (χ1n) is 7.42. The molecule has 2 atom stereocenters. The zero-order chi connectivity index (χ0) is 14.5. The predicted octanol–water partition coefficient (Wildman–Crippen LogP) is 3.44. The van der Waals surface area contributed by atoms with E-state index < -0.39 is 6.10 Å². The normalized spacial score (nSPS) is 18.6. The fourth-order valence-corrected chi connectivity index (χ4v) is 2.83. The van der Waals surface area contributed by atoms with Gasteiger partial charge in [-0.2, -0.15) is 0 Å². The molecule has 1 saturated carbocycles. The molecule has 110 valence electrons. The minimum atomic E-state index is -0.530. The van der Waals surface area contributed by atoms with E-state index in [9.17, 15) is 9.90 Å². The first-order valence-corrected chi connectivity index (χ1v) is 7.42. The predicted molar refractivity (Wildman–Crippen MR) is 80.7 cm³/mol. The van der Waals surface area contributed by atoms with Crippen molar-refractivity contribution < 1.29 is 9.90 Å². The number of hydrogen-bond acceptors (Lipinski definition) is 2. The van der Waals surface area contributed by atoms with Gasteiger partial charge in [0.15, 0.2) is 0 Å². The van der Waals surface area contributed by atoms with Crippen molar-refractivity contribution >= 4 is 11.7 Å². The monoisotopic (exact) mass is 276 g/mol. The Morgan fingerprint density at radius 3 is 2.65 bits per heavy atom. The van der Waals surface area contributed by atoms with Gasteiger partial charge in [-0.25, -0.2) is 4.79 Å². The van der Waals surface area contributed by atoms with E-state index in [0.717, 1.165) is 5.56 Å². The van der Waals surface area contributed by atoms with E-state index in [4.69, 9.17) is 0 Å². The second-order valence-corrected chi connectivity index (χ2v) is 5.73. The van der Waals surface area contributed by atoms with E-state index in [-0.39, 0.29) is 12.1 Å². The number of rotatable bonds is 4. The van der Waals surface area contributed by atoms with Gasteiger partial charge in [-0.1, -0.05) is 25.0 Å². The third kappa shape index (κ3) is 3.97.